The minimum atomic E-state index is -0.532. The van der Waals surface area contributed by atoms with Crippen LogP contribution >= 0.6 is 0 Å². The number of pyridine rings is 3. The first kappa shape index (κ1) is 29.8. The van der Waals surface area contributed by atoms with E-state index in [1.165, 1.54) is 11.8 Å². The van der Waals surface area contributed by atoms with Crippen LogP contribution in [0.2, 0.25) is 0 Å². The third-order valence-electron chi connectivity index (χ3n) is 7.99. The Hall–Kier alpha value is -5.22. The number of amides is 1. The predicted molar refractivity (Wildman–Crippen MR) is 172 cm³/mol. The number of fused-ring (bicyclic) bond motifs is 1. The molecule has 1 amide bonds. The number of carbonyl (C=O) groups is 1. The van der Waals surface area contributed by atoms with Crippen molar-refractivity contribution in [3.63, 3.8) is 0 Å². The van der Waals surface area contributed by atoms with E-state index < -0.39 is 5.91 Å². The molecule has 1 aliphatic rings. The number of aromatic nitrogens is 3. The Kier molecular flexibility index (Phi) is 8.74. The smallest absolute Gasteiger partial charge is 0.262 e. The maximum absolute atomic E-state index is 13.7. The molecule has 3 aromatic heterocycles. The number of nitrogens with zero attached hydrogens (tertiary/aromatic N) is 3. The van der Waals surface area contributed by atoms with E-state index in [4.69, 9.17) is 18.9 Å². The molecule has 0 radical (unpaired) electrons. The van der Waals surface area contributed by atoms with Crippen LogP contribution < -0.4 is 25.0 Å². The van der Waals surface area contributed by atoms with Gasteiger partial charge in [0.1, 0.15) is 22.9 Å². The summed E-state index contributed by atoms with van der Waals surface area (Å²) in [6.45, 7) is 3.35. The van der Waals surface area contributed by atoms with Gasteiger partial charge in [0.2, 0.25) is 5.43 Å². The van der Waals surface area contributed by atoms with Crippen molar-refractivity contribution in [2.24, 2.45) is 0 Å². The van der Waals surface area contributed by atoms with Gasteiger partial charge >= 0.3 is 0 Å². The van der Waals surface area contributed by atoms with Gasteiger partial charge in [-0.15, -0.1) is 0 Å². The van der Waals surface area contributed by atoms with E-state index >= 15 is 0 Å². The zero-order valence-corrected chi connectivity index (χ0v) is 25.4. The molecular formula is C35H34N4O6. The summed E-state index contributed by atoms with van der Waals surface area (Å²) in [7, 11) is 3.14. The average Bonchev–Trinajstić information content (AvgIpc) is 3.09. The molecule has 4 heterocycles. The van der Waals surface area contributed by atoms with Crippen molar-refractivity contribution >= 4 is 22.6 Å². The van der Waals surface area contributed by atoms with Gasteiger partial charge in [-0.2, -0.15) is 0 Å². The van der Waals surface area contributed by atoms with Crippen molar-refractivity contribution in [3.05, 3.63) is 101 Å². The molecule has 10 heteroatoms. The lowest BCUT2D eigenvalue weighted by Crippen LogP contribution is -2.27. The maximum Gasteiger partial charge on any atom is 0.262 e. The molecule has 0 unspecified atom stereocenters. The second kappa shape index (κ2) is 13.2. The molecule has 1 saturated heterocycles. The van der Waals surface area contributed by atoms with Crippen molar-refractivity contribution in [1.29, 1.82) is 0 Å². The van der Waals surface area contributed by atoms with Crippen molar-refractivity contribution in [3.8, 4) is 34.1 Å². The Bertz CT molecular complexity index is 1880. The Morgan fingerprint density at radius 1 is 0.956 bits per heavy atom. The van der Waals surface area contributed by atoms with Gasteiger partial charge in [0.15, 0.2) is 11.5 Å². The summed E-state index contributed by atoms with van der Waals surface area (Å²) >= 11 is 0. The number of methoxy groups -OCH3 is 2. The maximum atomic E-state index is 13.7. The number of rotatable bonds is 9. The van der Waals surface area contributed by atoms with Crippen molar-refractivity contribution in [1.82, 2.24) is 14.5 Å². The lowest BCUT2D eigenvalue weighted by atomic mass is 10.0. The number of carbonyl (C=O) groups excluding carboxylic acids is 1. The van der Waals surface area contributed by atoms with Gasteiger partial charge in [0.05, 0.1) is 25.9 Å². The number of ether oxygens (including phenoxy) is 4. The van der Waals surface area contributed by atoms with Crippen LogP contribution in [0.25, 0.3) is 22.0 Å². The molecule has 2 aromatic carbocycles. The van der Waals surface area contributed by atoms with Crippen LogP contribution in [-0.4, -0.2) is 47.9 Å². The molecule has 1 N–H and O–H groups in total. The average molecular weight is 607 g/mol. The molecule has 6 rings (SSSR count). The first-order valence-electron chi connectivity index (χ1n) is 14.9. The van der Waals surface area contributed by atoms with Crippen LogP contribution in [0.1, 0.15) is 41.7 Å². The molecule has 0 aliphatic carbocycles. The lowest BCUT2D eigenvalue weighted by Gasteiger charge is -2.26. The second-order valence-corrected chi connectivity index (χ2v) is 10.7. The lowest BCUT2D eigenvalue weighted by molar-refractivity contribution is 0.0694. The summed E-state index contributed by atoms with van der Waals surface area (Å²) in [5.74, 6) is 1.88. The van der Waals surface area contributed by atoms with Gasteiger partial charge in [-0.3, -0.25) is 14.6 Å². The normalized spacial score (nSPS) is 13.4. The van der Waals surface area contributed by atoms with Crippen LogP contribution in [0.15, 0.2) is 84.2 Å². The van der Waals surface area contributed by atoms with Gasteiger partial charge in [0.25, 0.3) is 5.91 Å². The number of hydrogen-bond acceptors (Lipinski definition) is 8. The zero-order chi connectivity index (χ0) is 31.3. The summed E-state index contributed by atoms with van der Waals surface area (Å²) in [6, 6.07) is 16.7. The first-order chi connectivity index (χ1) is 22.0. The van der Waals surface area contributed by atoms with Gasteiger partial charge in [-0.1, -0.05) is 31.2 Å². The fraction of sp³-hybridized carbons (Fsp3) is 0.257. The Morgan fingerprint density at radius 3 is 2.40 bits per heavy atom. The van der Waals surface area contributed by atoms with E-state index in [1.54, 1.807) is 56.9 Å². The van der Waals surface area contributed by atoms with E-state index in [0.717, 1.165) is 30.2 Å². The van der Waals surface area contributed by atoms with Crippen LogP contribution in [-0.2, 0) is 11.2 Å². The van der Waals surface area contributed by atoms with E-state index in [2.05, 4.69) is 22.2 Å². The minimum absolute atomic E-state index is 0.0494. The van der Waals surface area contributed by atoms with Crippen molar-refractivity contribution < 1.29 is 23.7 Å². The topological polar surface area (TPSA) is 114 Å². The molecule has 45 heavy (non-hydrogen) atoms. The number of anilines is 1. The molecule has 0 atom stereocenters. The van der Waals surface area contributed by atoms with Crippen molar-refractivity contribution in [2.45, 2.75) is 32.2 Å². The SMILES string of the molecule is CCc1ccc(-c2cn(C3CCOCC3)cc(C(=O)Nc3ccc(Oc4ccnc5cc(OC)c(OC)cc45)cn3)c2=O)cc1. The molecule has 0 saturated carbocycles. The summed E-state index contributed by atoms with van der Waals surface area (Å²) in [5, 5.41) is 3.52. The number of benzene rings is 2. The van der Waals surface area contributed by atoms with E-state index in [0.29, 0.717) is 47.3 Å². The highest BCUT2D eigenvalue weighted by atomic mass is 16.5. The summed E-state index contributed by atoms with van der Waals surface area (Å²) in [4.78, 5) is 36.0. The van der Waals surface area contributed by atoms with Crippen molar-refractivity contribution in [2.75, 3.05) is 32.8 Å². The van der Waals surface area contributed by atoms with Crippen LogP contribution in [0.5, 0.6) is 23.0 Å². The van der Waals surface area contributed by atoms with Gasteiger partial charge in [0, 0.05) is 54.9 Å². The zero-order valence-electron chi connectivity index (χ0n) is 25.4. The largest absolute Gasteiger partial charge is 0.493 e. The van der Waals surface area contributed by atoms with Crippen LogP contribution in [0.4, 0.5) is 5.82 Å². The molecule has 230 valence electrons. The number of hydrogen-bond donors (Lipinski definition) is 1. The molecular weight excluding hydrogens is 572 g/mol. The molecule has 0 bridgehead atoms. The Labute approximate surface area is 260 Å². The van der Waals surface area contributed by atoms with Crippen LogP contribution in [0, 0.1) is 0 Å². The quantitative estimate of drug-likeness (QED) is 0.204. The highest BCUT2D eigenvalue weighted by Crippen LogP contribution is 2.37. The van der Waals surface area contributed by atoms with E-state index in [9.17, 15) is 9.59 Å². The van der Waals surface area contributed by atoms with E-state index in [-0.39, 0.29) is 22.9 Å². The standard InChI is InChI=1S/C35H34N4O6/c1-4-22-5-7-23(8-6-22)27-20-39(24-12-15-44-16-13-24)21-28(34(27)40)35(41)38-33-10-9-25(19-37-33)45-30-11-14-36-29-18-32(43-3)31(42-2)17-26(29)30/h5-11,14,17-21,24H,4,12-13,15-16H2,1-3H3,(H,37,38,41). The molecule has 5 aromatic rings. The summed E-state index contributed by atoms with van der Waals surface area (Å²) in [6.07, 6.45) is 9.15. The molecule has 10 nitrogen and oxygen atoms in total. The Balaban J connectivity index is 1.26. The number of nitrogens with one attached hydrogen (secondary N) is 1. The third kappa shape index (κ3) is 6.37. The molecule has 1 aliphatic heterocycles. The second-order valence-electron chi connectivity index (χ2n) is 10.7. The first-order valence-corrected chi connectivity index (χ1v) is 14.9. The van der Waals surface area contributed by atoms with Gasteiger partial charge in [-0.25, -0.2) is 4.98 Å². The summed E-state index contributed by atoms with van der Waals surface area (Å²) < 4.78 is 24.5. The molecule has 0 spiro atoms. The molecule has 1 fully saturated rings. The summed E-state index contributed by atoms with van der Waals surface area (Å²) in [5.41, 5.74) is 2.81. The Morgan fingerprint density at radius 2 is 1.71 bits per heavy atom. The third-order valence-corrected chi connectivity index (χ3v) is 7.99. The monoisotopic (exact) mass is 606 g/mol. The van der Waals surface area contributed by atoms with Gasteiger partial charge in [-0.05, 0) is 54.7 Å². The fourth-order valence-electron chi connectivity index (χ4n) is 5.44. The number of aryl methyl sites for hydroxylation is 1. The fourth-order valence-corrected chi connectivity index (χ4v) is 5.44. The predicted octanol–water partition coefficient (Wildman–Crippen LogP) is 6.43. The van der Waals surface area contributed by atoms with Crippen LogP contribution in [0.3, 0.4) is 0 Å². The van der Waals surface area contributed by atoms with Gasteiger partial charge < -0.3 is 28.8 Å². The highest BCUT2D eigenvalue weighted by molar-refractivity contribution is 6.04. The van der Waals surface area contributed by atoms with E-state index in [1.807, 2.05) is 35.0 Å². The highest BCUT2D eigenvalue weighted by Gasteiger charge is 2.22. The minimum Gasteiger partial charge on any atom is -0.493 e.